The van der Waals surface area contributed by atoms with Crippen LogP contribution < -0.4 is 0 Å². The van der Waals surface area contributed by atoms with Crippen LogP contribution in [0.15, 0.2) is 24.3 Å². The quantitative estimate of drug-likeness (QED) is 0.410. The largest absolute Gasteiger partial charge is 0.465 e. The van der Waals surface area contributed by atoms with Crippen molar-refractivity contribution >= 4 is 29.5 Å². The van der Waals surface area contributed by atoms with E-state index in [0.717, 1.165) is 38.5 Å². The third kappa shape index (κ3) is 4.42. The molecule has 36 heavy (non-hydrogen) atoms. The van der Waals surface area contributed by atoms with Crippen LogP contribution in [0.5, 0.6) is 0 Å². The van der Waals surface area contributed by atoms with Gasteiger partial charge in [-0.2, -0.15) is 0 Å². The molecule has 0 bridgehead atoms. The lowest BCUT2D eigenvalue weighted by molar-refractivity contribution is -0.155. The summed E-state index contributed by atoms with van der Waals surface area (Å²) in [7, 11) is 0. The van der Waals surface area contributed by atoms with Crippen molar-refractivity contribution in [2.75, 3.05) is 26.3 Å². The van der Waals surface area contributed by atoms with Crippen molar-refractivity contribution in [2.24, 2.45) is 17.8 Å². The number of allylic oxidation sites excluding steroid dienone is 1. The van der Waals surface area contributed by atoms with Crippen molar-refractivity contribution < 1.29 is 24.2 Å². The first-order valence-corrected chi connectivity index (χ1v) is 14.5. The molecule has 0 aromatic carbocycles. The number of nitrogens with zero attached hydrogens (tertiary/aromatic N) is 2. The molecule has 7 atom stereocenters. The van der Waals surface area contributed by atoms with E-state index in [1.165, 1.54) is 0 Å². The third-order valence-electron chi connectivity index (χ3n) is 8.65. The molecule has 1 spiro atoms. The lowest BCUT2D eigenvalue weighted by atomic mass is 9.74. The van der Waals surface area contributed by atoms with Crippen LogP contribution in [0.3, 0.4) is 0 Å². The van der Waals surface area contributed by atoms with E-state index in [-0.39, 0.29) is 30.3 Å². The number of amides is 2. The van der Waals surface area contributed by atoms with Crippen LogP contribution in [0.4, 0.5) is 0 Å². The van der Waals surface area contributed by atoms with Crippen molar-refractivity contribution in [3.05, 3.63) is 24.3 Å². The standard InChI is InChI=1S/C28H42N2O5S/c1-5-7-15-29-16-12-14-28-21(22-26(34)35-17-11-9-8-10-13-27(22,4)36-28)24(32)30(23(28)25(29)33)20(18-31)19(3)6-2/h10,12-14,19-23,31H,5-9,11,15-18H2,1-4H3/b13-10-/t19-,20-,21-,22+,23?,27-,28-/m0/s1. The highest BCUT2D eigenvalue weighted by Gasteiger charge is 2.74. The van der Waals surface area contributed by atoms with Gasteiger partial charge in [-0.05, 0) is 38.5 Å². The van der Waals surface area contributed by atoms with E-state index in [4.69, 9.17) is 4.74 Å². The molecule has 0 aliphatic carbocycles. The van der Waals surface area contributed by atoms with E-state index in [9.17, 15) is 19.5 Å². The maximum Gasteiger partial charge on any atom is 0.311 e. The first-order valence-electron chi connectivity index (χ1n) is 13.7. The summed E-state index contributed by atoms with van der Waals surface area (Å²) in [6.07, 6.45) is 13.5. The molecule has 7 nitrogen and oxygen atoms in total. The molecule has 0 saturated carbocycles. The second kappa shape index (κ2) is 10.9. The molecule has 0 aromatic heterocycles. The van der Waals surface area contributed by atoms with Gasteiger partial charge in [-0.1, -0.05) is 57.9 Å². The lowest BCUT2D eigenvalue weighted by Gasteiger charge is -2.41. The summed E-state index contributed by atoms with van der Waals surface area (Å²) in [6, 6.07) is -1.26. The maximum absolute atomic E-state index is 14.4. The summed E-state index contributed by atoms with van der Waals surface area (Å²) >= 11 is 1.57. The summed E-state index contributed by atoms with van der Waals surface area (Å²) in [4.78, 5) is 45.8. The number of hydrogen-bond acceptors (Lipinski definition) is 6. The van der Waals surface area contributed by atoms with Gasteiger partial charge < -0.3 is 19.6 Å². The van der Waals surface area contributed by atoms with Crippen LogP contribution in [-0.2, 0) is 19.1 Å². The van der Waals surface area contributed by atoms with E-state index in [1.807, 2.05) is 37.8 Å². The number of aliphatic hydroxyl groups is 1. The molecule has 2 amide bonds. The molecule has 1 unspecified atom stereocenters. The van der Waals surface area contributed by atoms with Gasteiger partial charge in [0.15, 0.2) is 0 Å². The number of fused-ring (bicyclic) bond motifs is 2. The minimum Gasteiger partial charge on any atom is -0.465 e. The number of rotatable bonds is 7. The molecule has 4 aliphatic heterocycles. The number of carbonyl (C=O) groups is 3. The van der Waals surface area contributed by atoms with Crippen LogP contribution in [0.25, 0.3) is 0 Å². The van der Waals surface area contributed by atoms with Crippen LogP contribution in [0.2, 0.25) is 0 Å². The smallest absolute Gasteiger partial charge is 0.311 e. The predicted molar refractivity (Wildman–Crippen MR) is 141 cm³/mol. The molecule has 8 heteroatoms. The van der Waals surface area contributed by atoms with Gasteiger partial charge in [0.2, 0.25) is 11.8 Å². The Bertz CT molecular complexity index is 922. The Hall–Kier alpha value is -1.80. The van der Waals surface area contributed by atoms with Gasteiger partial charge in [0.1, 0.15) is 6.04 Å². The number of unbranched alkanes of at least 4 members (excludes halogenated alkanes) is 1. The molecule has 4 heterocycles. The van der Waals surface area contributed by atoms with Crippen molar-refractivity contribution in [3.63, 3.8) is 0 Å². The van der Waals surface area contributed by atoms with Gasteiger partial charge >= 0.3 is 5.97 Å². The zero-order valence-electron chi connectivity index (χ0n) is 22.2. The Balaban J connectivity index is 1.88. The Morgan fingerprint density at radius 2 is 1.92 bits per heavy atom. The molecular formula is C28H42N2O5S. The van der Waals surface area contributed by atoms with E-state index in [2.05, 4.69) is 19.1 Å². The van der Waals surface area contributed by atoms with E-state index in [0.29, 0.717) is 19.7 Å². The van der Waals surface area contributed by atoms with Crippen molar-refractivity contribution in [2.45, 2.75) is 87.8 Å². The zero-order valence-corrected chi connectivity index (χ0v) is 23.0. The molecular weight excluding hydrogens is 476 g/mol. The highest BCUT2D eigenvalue weighted by molar-refractivity contribution is 8.02. The average Bonchev–Trinajstić information content (AvgIpc) is 3.19. The van der Waals surface area contributed by atoms with Crippen LogP contribution in [0, 0.1) is 17.8 Å². The molecule has 4 aliphatic rings. The Morgan fingerprint density at radius 3 is 2.61 bits per heavy atom. The summed E-state index contributed by atoms with van der Waals surface area (Å²) in [5.41, 5.74) is 0. The normalized spacial score (nSPS) is 37.0. The SMILES string of the molecule is CCCCN1CC=C[C@]23S[C@@]4(C)/C=C\CCCCOC(=O)[C@H]4[C@H]2C(=O)N([C@@H](CO)[C@@H](C)CC)C3C1=O. The molecule has 0 aromatic rings. The topological polar surface area (TPSA) is 87.2 Å². The fourth-order valence-corrected chi connectivity index (χ4v) is 8.64. The van der Waals surface area contributed by atoms with Crippen molar-refractivity contribution in [1.82, 2.24) is 9.80 Å². The molecule has 2 fully saturated rings. The van der Waals surface area contributed by atoms with Gasteiger partial charge in [0.05, 0.1) is 35.8 Å². The third-order valence-corrected chi connectivity index (χ3v) is 10.4. The molecule has 4 rings (SSSR count). The summed E-state index contributed by atoms with van der Waals surface area (Å²) in [5, 5.41) is 10.5. The Kier molecular flexibility index (Phi) is 8.25. The monoisotopic (exact) mass is 518 g/mol. The Morgan fingerprint density at radius 1 is 1.14 bits per heavy atom. The minimum atomic E-state index is -0.896. The Labute approximate surface area is 219 Å². The lowest BCUT2D eigenvalue weighted by Crippen LogP contribution is -2.58. The summed E-state index contributed by atoms with van der Waals surface area (Å²) in [5.74, 6) is -2.07. The second-order valence-corrected chi connectivity index (χ2v) is 12.8. The number of hydrogen-bond donors (Lipinski definition) is 1. The molecule has 2 saturated heterocycles. The highest BCUT2D eigenvalue weighted by Crippen LogP contribution is 2.65. The number of aliphatic hydroxyl groups excluding tert-OH is 1. The number of thioether (sulfide) groups is 1. The van der Waals surface area contributed by atoms with Gasteiger partial charge in [0, 0.05) is 17.8 Å². The summed E-state index contributed by atoms with van der Waals surface area (Å²) < 4.78 is 4.16. The predicted octanol–water partition coefficient (Wildman–Crippen LogP) is 3.56. The fourth-order valence-electron chi connectivity index (χ4n) is 6.51. The van der Waals surface area contributed by atoms with Gasteiger partial charge in [0.25, 0.3) is 0 Å². The van der Waals surface area contributed by atoms with Crippen LogP contribution >= 0.6 is 11.8 Å². The molecule has 200 valence electrons. The second-order valence-electron chi connectivity index (χ2n) is 11.0. The van der Waals surface area contributed by atoms with E-state index in [1.54, 1.807) is 16.7 Å². The van der Waals surface area contributed by atoms with Crippen molar-refractivity contribution in [1.29, 1.82) is 0 Å². The van der Waals surface area contributed by atoms with Crippen LogP contribution in [-0.4, -0.2) is 80.6 Å². The van der Waals surface area contributed by atoms with Gasteiger partial charge in [-0.3, -0.25) is 14.4 Å². The maximum atomic E-state index is 14.4. The van der Waals surface area contributed by atoms with E-state index >= 15 is 0 Å². The molecule has 1 N–H and O–H groups in total. The highest BCUT2D eigenvalue weighted by atomic mass is 32.2. The molecule has 0 radical (unpaired) electrons. The van der Waals surface area contributed by atoms with Crippen LogP contribution in [0.1, 0.15) is 66.2 Å². The number of likely N-dealkylation sites (tertiary alicyclic amines) is 1. The first-order chi connectivity index (χ1) is 17.3. The average molecular weight is 519 g/mol. The van der Waals surface area contributed by atoms with Gasteiger partial charge in [-0.15, -0.1) is 11.8 Å². The number of ether oxygens (including phenoxy) is 1. The minimum absolute atomic E-state index is 0.00577. The number of cyclic esters (lactones) is 1. The van der Waals surface area contributed by atoms with Crippen molar-refractivity contribution in [3.8, 4) is 0 Å². The number of carbonyl (C=O) groups excluding carboxylic acids is 3. The van der Waals surface area contributed by atoms with Gasteiger partial charge in [-0.25, -0.2) is 0 Å². The fraction of sp³-hybridized carbons (Fsp3) is 0.750. The summed E-state index contributed by atoms with van der Waals surface area (Å²) in [6.45, 7) is 9.39. The number of esters is 1. The zero-order chi connectivity index (χ0) is 26.1. The van der Waals surface area contributed by atoms with E-state index < -0.39 is 33.4 Å². The first kappa shape index (κ1) is 27.2.